The standard InChI is InChI=1S/C13H22N2O/c1-4-13(7-5-6-8-13)11-10(9(2)3)12(14)16-15-11/h9H,4-8,14H2,1-3H3. The van der Waals surface area contributed by atoms with Crippen LogP contribution in [0.4, 0.5) is 5.88 Å². The Morgan fingerprint density at radius 1 is 1.38 bits per heavy atom. The smallest absolute Gasteiger partial charge is 0.225 e. The van der Waals surface area contributed by atoms with Crippen LogP contribution in [-0.2, 0) is 5.41 Å². The highest BCUT2D eigenvalue weighted by atomic mass is 16.5. The maximum absolute atomic E-state index is 5.89. The van der Waals surface area contributed by atoms with Crippen molar-refractivity contribution in [2.24, 2.45) is 0 Å². The van der Waals surface area contributed by atoms with Gasteiger partial charge in [0.2, 0.25) is 5.88 Å². The lowest BCUT2D eigenvalue weighted by Crippen LogP contribution is -2.23. The lowest BCUT2D eigenvalue weighted by molar-refractivity contribution is 0.359. The van der Waals surface area contributed by atoms with Gasteiger partial charge in [-0.25, -0.2) is 0 Å². The predicted molar refractivity (Wildman–Crippen MR) is 65.4 cm³/mol. The molecule has 0 amide bonds. The molecule has 1 fully saturated rings. The maximum atomic E-state index is 5.89. The summed E-state index contributed by atoms with van der Waals surface area (Å²) >= 11 is 0. The highest BCUT2D eigenvalue weighted by molar-refractivity contribution is 5.44. The zero-order valence-electron chi connectivity index (χ0n) is 10.5. The van der Waals surface area contributed by atoms with Crippen LogP contribution in [0.5, 0.6) is 0 Å². The van der Waals surface area contributed by atoms with Gasteiger partial charge in [0.05, 0.1) is 5.69 Å². The Morgan fingerprint density at radius 2 is 2.00 bits per heavy atom. The Kier molecular flexibility index (Phi) is 2.96. The van der Waals surface area contributed by atoms with Crippen LogP contribution in [0.15, 0.2) is 4.52 Å². The number of hydrogen-bond acceptors (Lipinski definition) is 3. The van der Waals surface area contributed by atoms with E-state index < -0.39 is 0 Å². The summed E-state index contributed by atoms with van der Waals surface area (Å²) in [5, 5.41) is 4.26. The molecule has 1 aromatic rings. The molecule has 1 aromatic heterocycles. The first-order valence-electron chi connectivity index (χ1n) is 6.36. The van der Waals surface area contributed by atoms with E-state index >= 15 is 0 Å². The van der Waals surface area contributed by atoms with Gasteiger partial charge in [0, 0.05) is 11.0 Å². The van der Waals surface area contributed by atoms with Crippen molar-refractivity contribution >= 4 is 5.88 Å². The summed E-state index contributed by atoms with van der Waals surface area (Å²) < 4.78 is 5.22. The lowest BCUT2D eigenvalue weighted by Gasteiger charge is -2.26. The van der Waals surface area contributed by atoms with E-state index in [2.05, 4.69) is 25.9 Å². The summed E-state index contributed by atoms with van der Waals surface area (Å²) in [4.78, 5) is 0. The van der Waals surface area contributed by atoms with Crippen molar-refractivity contribution in [2.75, 3.05) is 5.73 Å². The van der Waals surface area contributed by atoms with Gasteiger partial charge in [0.25, 0.3) is 0 Å². The van der Waals surface area contributed by atoms with Crippen LogP contribution < -0.4 is 5.73 Å². The molecular formula is C13H22N2O. The third kappa shape index (κ3) is 1.62. The number of nitrogens with two attached hydrogens (primary N) is 1. The molecule has 1 saturated carbocycles. The molecule has 0 aliphatic heterocycles. The summed E-state index contributed by atoms with van der Waals surface area (Å²) in [7, 11) is 0. The van der Waals surface area contributed by atoms with Gasteiger partial charge in [-0.2, -0.15) is 0 Å². The molecule has 0 saturated heterocycles. The molecule has 2 N–H and O–H groups in total. The minimum Gasteiger partial charge on any atom is -0.367 e. The Balaban J connectivity index is 2.46. The summed E-state index contributed by atoms with van der Waals surface area (Å²) in [6, 6.07) is 0. The van der Waals surface area contributed by atoms with E-state index in [4.69, 9.17) is 10.3 Å². The van der Waals surface area contributed by atoms with Crippen LogP contribution in [-0.4, -0.2) is 5.16 Å². The molecule has 0 radical (unpaired) electrons. The molecule has 1 heterocycles. The van der Waals surface area contributed by atoms with Crippen molar-refractivity contribution in [3.63, 3.8) is 0 Å². The second-order valence-corrected chi connectivity index (χ2v) is 5.30. The van der Waals surface area contributed by atoms with Crippen molar-refractivity contribution in [1.82, 2.24) is 5.16 Å². The van der Waals surface area contributed by atoms with E-state index in [0.717, 1.165) is 17.7 Å². The number of nitrogens with zero attached hydrogens (tertiary/aromatic N) is 1. The SMILES string of the molecule is CCC1(c2noc(N)c2C(C)C)CCCC1. The van der Waals surface area contributed by atoms with Gasteiger partial charge in [-0.15, -0.1) is 0 Å². The van der Waals surface area contributed by atoms with E-state index in [9.17, 15) is 0 Å². The number of rotatable bonds is 3. The molecule has 1 aliphatic carbocycles. The first-order chi connectivity index (χ1) is 7.60. The molecule has 1 aliphatic rings. The fourth-order valence-corrected chi connectivity index (χ4v) is 3.06. The Morgan fingerprint density at radius 3 is 2.50 bits per heavy atom. The molecule has 3 heteroatoms. The minimum absolute atomic E-state index is 0.237. The largest absolute Gasteiger partial charge is 0.367 e. The highest BCUT2D eigenvalue weighted by Crippen LogP contribution is 2.46. The molecule has 0 atom stereocenters. The predicted octanol–water partition coefficient (Wildman–Crippen LogP) is 3.60. The molecule has 0 bridgehead atoms. The molecule has 16 heavy (non-hydrogen) atoms. The molecule has 90 valence electrons. The van der Waals surface area contributed by atoms with Gasteiger partial charge < -0.3 is 10.3 Å². The van der Waals surface area contributed by atoms with Gasteiger partial charge in [0.1, 0.15) is 0 Å². The fourth-order valence-electron chi connectivity index (χ4n) is 3.06. The Hall–Kier alpha value is -0.990. The van der Waals surface area contributed by atoms with Crippen LogP contribution in [0.25, 0.3) is 0 Å². The van der Waals surface area contributed by atoms with Crippen molar-refractivity contribution < 1.29 is 4.52 Å². The zero-order chi connectivity index (χ0) is 11.8. The lowest BCUT2D eigenvalue weighted by atomic mass is 9.77. The molecule has 3 nitrogen and oxygen atoms in total. The van der Waals surface area contributed by atoms with Crippen molar-refractivity contribution in [2.45, 2.75) is 64.2 Å². The van der Waals surface area contributed by atoms with Crippen molar-refractivity contribution in [1.29, 1.82) is 0 Å². The number of anilines is 1. The molecular weight excluding hydrogens is 200 g/mol. The summed E-state index contributed by atoms with van der Waals surface area (Å²) in [5.41, 5.74) is 8.41. The maximum Gasteiger partial charge on any atom is 0.225 e. The normalized spacial score (nSPS) is 19.5. The molecule has 0 aromatic carbocycles. The first-order valence-corrected chi connectivity index (χ1v) is 6.36. The van der Waals surface area contributed by atoms with Gasteiger partial charge in [-0.1, -0.05) is 38.8 Å². The highest BCUT2D eigenvalue weighted by Gasteiger charge is 2.39. The third-order valence-corrected chi connectivity index (χ3v) is 4.07. The second kappa shape index (κ2) is 4.11. The van der Waals surface area contributed by atoms with E-state index in [1.54, 1.807) is 0 Å². The van der Waals surface area contributed by atoms with Gasteiger partial charge in [-0.05, 0) is 25.2 Å². The fraction of sp³-hybridized carbons (Fsp3) is 0.769. The Bertz CT molecular complexity index is 362. The van der Waals surface area contributed by atoms with E-state index in [1.807, 2.05) is 0 Å². The van der Waals surface area contributed by atoms with Gasteiger partial charge in [-0.3, -0.25) is 0 Å². The second-order valence-electron chi connectivity index (χ2n) is 5.30. The van der Waals surface area contributed by atoms with E-state index in [1.165, 1.54) is 25.7 Å². The minimum atomic E-state index is 0.237. The molecule has 0 unspecified atom stereocenters. The Labute approximate surface area is 97.4 Å². The third-order valence-electron chi connectivity index (χ3n) is 4.07. The van der Waals surface area contributed by atoms with Crippen molar-refractivity contribution in [3.8, 4) is 0 Å². The van der Waals surface area contributed by atoms with Crippen LogP contribution in [0, 0.1) is 0 Å². The molecule has 0 spiro atoms. The topological polar surface area (TPSA) is 52.0 Å². The number of nitrogen functional groups attached to an aromatic ring is 1. The first kappa shape index (κ1) is 11.5. The number of aromatic nitrogens is 1. The molecule has 2 rings (SSSR count). The van der Waals surface area contributed by atoms with Gasteiger partial charge in [0.15, 0.2) is 0 Å². The average Bonchev–Trinajstić information content (AvgIpc) is 2.84. The summed E-state index contributed by atoms with van der Waals surface area (Å²) in [6.45, 7) is 6.57. The van der Waals surface area contributed by atoms with Crippen LogP contribution >= 0.6 is 0 Å². The zero-order valence-corrected chi connectivity index (χ0v) is 10.5. The van der Waals surface area contributed by atoms with Crippen LogP contribution in [0.3, 0.4) is 0 Å². The van der Waals surface area contributed by atoms with E-state index in [0.29, 0.717) is 11.8 Å². The monoisotopic (exact) mass is 222 g/mol. The average molecular weight is 222 g/mol. The van der Waals surface area contributed by atoms with Crippen LogP contribution in [0.2, 0.25) is 0 Å². The van der Waals surface area contributed by atoms with E-state index in [-0.39, 0.29) is 5.41 Å². The van der Waals surface area contributed by atoms with Crippen molar-refractivity contribution in [3.05, 3.63) is 11.3 Å². The van der Waals surface area contributed by atoms with Crippen LogP contribution in [0.1, 0.15) is 70.1 Å². The quantitative estimate of drug-likeness (QED) is 0.850. The summed E-state index contributed by atoms with van der Waals surface area (Å²) in [6.07, 6.45) is 6.21. The van der Waals surface area contributed by atoms with Gasteiger partial charge >= 0.3 is 0 Å². The number of hydrogen-bond donors (Lipinski definition) is 1. The summed E-state index contributed by atoms with van der Waals surface area (Å²) in [5.74, 6) is 0.912.